The Morgan fingerprint density at radius 2 is 1.89 bits per heavy atom. The van der Waals surface area contributed by atoms with Crippen LogP contribution in [-0.2, 0) is 9.53 Å². The molecular formula is C12H10Cl2N2O3. The highest BCUT2D eigenvalue weighted by Crippen LogP contribution is 2.19. The number of ether oxygens (including phenoxy) is 1. The predicted molar refractivity (Wildman–Crippen MR) is 70.0 cm³/mol. The molecule has 0 radical (unpaired) electrons. The summed E-state index contributed by atoms with van der Waals surface area (Å²) in [5, 5.41) is 11.3. The lowest BCUT2D eigenvalue weighted by Gasteiger charge is -2.06. The van der Waals surface area contributed by atoms with Crippen LogP contribution in [0.2, 0.25) is 10.0 Å². The summed E-state index contributed by atoms with van der Waals surface area (Å²) in [6.45, 7) is -0.204. The summed E-state index contributed by atoms with van der Waals surface area (Å²) in [6, 6.07) is 6.14. The SMILES string of the molecule is N#CCCNC(=O)COC(=O)c1cc(Cl)cc(Cl)c1. The summed E-state index contributed by atoms with van der Waals surface area (Å²) in [6.07, 6.45) is 0.198. The fourth-order valence-corrected chi connectivity index (χ4v) is 1.72. The summed E-state index contributed by atoms with van der Waals surface area (Å²) in [5.41, 5.74) is 0.169. The van der Waals surface area contributed by atoms with E-state index in [1.165, 1.54) is 18.2 Å². The van der Waals surface area contributed by atoms with Crippen molar-refractivity contribution in [2.75, 3.05) is 13.2 Å². The maximum absolute atomic E-state index is 11.6. The van der Waals surface area contributed by atoms with Crippen LogP contribution in [-0.4, -0.2) is 25.0 Å². The second-order valence-corrected chi connectivity index (χ2v) is 4.37. The van der Waals surface area contributed by atoms with Gasteiger partial charge < -0.3 is 10.1 Å². The number of nitrogens with zero attached hydrogens (tertiary/aromatic N) is 1. The van der Waals surface area contributed by atoms with Gasteiger partial charge in [-0.15, -0.1) is 0 Å². The van der Waals surface area contributed by atoms with Crippen molar-refractivity contribution in [2.45, 2.75) is 6.42 Å². The number of esters is 1. The van der Waals surface area contributed by atoms with E-state index in [9.17, 15) is 9.59 Å². The summed E-state index contributed by atoms with van der Waals surface area (Å²) < 4.78 is 4.78. The van der Waals surface area contributed by atoms with Crippen LogP contribution in [0.1, 0.15) is 16.8 Å². The van der Waals surface area contributed by atoms with Crippen molar-refractivity contribution < 1.29 is 14.3 Å². The summed E-state index contributed by atoms with van der Waals surface area (Å²) in [7, 11) is 0. The largest absolute Gasteiger partial charge is 0.452 e. The zero-order chi connectivity index (χ0) is 14.3. The van der Waals surface area contributed by atoms with Crippen LogP contribution >= 0.6 is 23.2 Å². The van der Waals surface area contributed by atoms with Gasteiger partial charge in [0.25, 0.3) is 5.91 Å². The Labute approximate surface area is 120 Å². The molecule has 0 aromatic heterocycles. The lowest BCUT2D eigenvalue weighted by atomic mass is 10.2. The van der Waals surface area contributed by atoms with E-state index in [-0.39, 0.29) is 18.5 Å². The zero-order valence-corrected chi connectivity index (χ0v) is 11.3. The van der Waals surface area contributed by atoms with Crippen molar-refractivity contribution in [3.63, 3.8) is 0 Å². The molecule has 0 atom stereocenters. The van der Waals surface area contributed by atoms with Gasteiger partial charge >= 0.3 is 5.97 Å². The van der Waals surface area contributed by atoms with Gasteiger partial charge in [-0.3, -0.25) is 4.79 Å². The maximum Gasteiger partial charge on any atom is 0.338 e. The molecular weight excluding hydrogens is 291 g/mol. The molecule has 0 aliphatic carbocycles. The van der Waals surface area contributed by atoms with E-state index in [1.807, 2.05) is 6.07 Å². The van der Waals surface area contributed by atoms with Gasteiger partial charge in [-0.2, -0.15) is 5.26 Å². The van der Waals surface area contributed by atoms with Crippen LogP contribution in [0.3, 0.4) is 0 Å². The molecule has 5 nitrogen and oxygen atoms in total. The van der Waals surface area contributed by atoms with E-state index >= 15 is 0 Å². The first-order chi connectivity index (χ1) is 9.02. The van der Waals surface area contributed by atoms with Crippen molar-refractivity contribution in [1.29, 1.82) is 5.26 Å². The van der Waals surface area contributed by atoms with E-state index in [0.717, 1.165) is 0 Å². The standard InChI is InChI=1S/C12H10Cl2N2O3/c13-9-4-8(5-10(14)6-9)12(18)19-7-11(17)16-3-1-2-15/h4-6H,1,3,7H2,(H,16,17). The van der Waals surface area contributed by atoms with Gasteiger partial charge in [-0.1, -0.05) is 23.2 Å². The molecule has 0 saturated heterocycles. The maximum atomic E-state index is 11.6. The molecule has 0 aliphatic rings. The molecule has 1 N–H and O–H groups in total. The van der Waals surface area contributed by atoms with E-state index in [0.29, 0.717) is 10.0 Å². The Kier molecular flexibility index (Phi) is 6.13. The van der Waals surface area contributed by atoms with Gasteiger partial charge in [0.05, 0.1) is 18.1 Å². The highest BCUT2D eigenvalue weighted by molar-refractivity contribution is 6.35. The minimum absolute atomic E-state index is 0.169. The predicted octanol–water partition coefficient (Wildman–Crippen LogP) is 2.18. The molecule has 0 unspecified atom stereocenters. The van der Waals surface area contributed by atoms with Gasteiger partial charge in [-0.05, 0) is 18.2 Å². The van der Waals surface area contributed by atoms with Crippen LogP contribution < -0.4 is 5.32 Å². The van der Waals surface area contributed by atoms with Gasteiger partial charge in [-0.25, -0.2) is 4.79 Å². The number of benzene rings is 1. The molecule has 1 rings (SSSR count). The summed E-state index contributed by atoms with van der Waals surface area (Å²) >= 11 is 11.5. The minimum Gasteiger partial charge on any atom is -0.452 e. The van der Waals surface area contributed by atoms with Crippen molar-refractivity contribution in [2.24, 2.45) is 0 Å². The Bertz CT molecular complexity index is 506. The fourth-order valence-electron chi connectivity index (χ4n) is 1.19. The average Bonchev–Trinajstić information content (AvgIpc) is 2.35. The second kappa shape index (κ2) is 7.62. The molecule has 0 spiro atoms. The number of carbonyl (C=O) groups excluding carboxylic acids is 2. The van der Waals surface area contributed by atoms with Crippen molar-refractivity contribution >= 4 is 35.1 Å². The molecule has 0 saturated carbocycles. The number of nitrogens with one attached hydrogen (secondary N) is 1. The number of amides is 1. The number of hydrogen-bond donors (Lipinski definition) is 1. The number of nitriles is 1. The minimum atomic E-state index is -0.695. The first-order valence-corrected chi connectivity index (χ1v) is 6.05. The number of halogens is 2. The molecule has 7 heteroatoms. The van der Waals surface area contributed by atoms with Crippen LogP contribution in [0, 0.1) is 11.3 Å². The highest BCUT2D eigenvalue weighted by atomic mass is 35.5. The van der Waals surface area contributed by atoms with E-state index in [2.05, 4.69) is 5.32 Å². The first-order valence-electron chi connectivity index (χ1n) is 5.30. The average molecular weight is 301 g/mol. The monoisotopic (exact) mass is 300 g/mol. The van der Waals surface area contributed by atoms with Crippen molar-refractivity contribution in [3.8, 4) is 6.07 Å². The molecule has 0 aliphatic heterocycles. The molecule has 0 bridgehead atoms. The first kappa shape index (κ1) is 15.3. The lowest BCUT2D eigenvalue weighted by Crippen LogP contribution is -2.29. The number of hydrogen-bond acceptors (Lipinski definition) is 4. The highest BCUT2D eigenvalue weighted by Gasteiger charge is 2.11. The molecule has 0 fully saturated rings. The second-order valence-electron chi connectivity index (χ2n) is 3.49. The number of carbonyl (C=O) groups is 2. The zero-order valence-electron chi connectivity index (χ0n) is 9.78. The van der Waals surface area contributed by atoms with E-state index in [1.54, 1.807) is 0 Å². The molecule has 1 aromatic rings. The fraction of sp³-hybridized carbons (Fsp3) is 0.250. The van der Waals surface area contributed by atoms with Crippen LogP contribution in [0.25, 0.3) is 0 Å². The third kappa shape index (κ3) is 5.60. The molecule has 1 aromatic carbocycles. The topological polar surface area (TPSA) is 79.2 Å². The van der Waals surface area contributed by atoms with Crippen LogP contribution in [0.5, 0.6) is 0 Å². The smallest absolute Gasteiger partial charge is 0.338 e. The van der Waals surface area contributed by atoms with Gasteiger partial charge in [0.2, 0.25) is 0 Å². The Morgan fingerprint density at radius 1 is 1.26 bits per heavy atom. The third-order valence-corrected chi connectivity index (χ3v) is 2.43. The van der Waals surface area contributed by atoms with Crippen LogP contribution in [0.15, 0.2) is 18.2 Å². The van der Waals surface area contributed by atoms with Crippen molar-refractivity contribution in [3.05, 3.63) is 33.8 Å². The van der Waals surface area contributed by atoms with Gasteiger partial charge in [0.15, 0.2) is 6.61 Å². The van der Waals surface area contributed by atoms with Crippen molar-refractivity contribution in [1.82, 2.24) is 5.32 Å². The summed E-state index contributed by atoms with van der Waals surface area (Å²) in [5.74, 6) is -1.17. The van der Waals surface area contributed by atoms with Crippen LogP contribution in [0.4, 0.5) is 0 Å². The third-order valence-electron chi connectivity index (χ3n) is 1.99. The van der Waals surface area contributed by atoms with E-state index in [4.69, 9.17) is 33.2 Å². The van der Waals surface area contributed by atoms with E-state index < -0.39 is 18.5 Å². The van der Waals surface area contributed by atoms with Gasteiger partial charge in [0.1, 0.15) is 0 Å². The molecule has 1 amide bonds. The molecule has 0 heterocycles. The Balaban J connectivity index is 2.47. The molecule has 100 valence electrons. The molecule has 19 heavy (non-hydrogen) atoms. The normalized spacial score (nSPS) is 9.53. The summed E-state index contributed by atoms with van der Waals surface area (Å²) in [4.78, 5) is 22.8. The lowest BCUT2D eigenvalue weighted by molar-refractivity contribution is -0.124. The number of rotatable bonds is 5. The quantitative estimate of drug-likeness (QED) is 0.668. The Hall–Kier alpha value is -1.77. The van der Waals surface area contributed by atoms with Gasteiger partial charge in [0, 0.05) is 16.6 Å². The Morgan fingerprint density at radius 3 is 2.47 bits per heavy atom.